The van der Waals surface area contributed by atoms with Gasteiger partial charge in [-0.05, 0) is 6.07 Å². The summed E-state index contributed by atoms with van der Waals surface area (Å²) in [6.07, 6.45) is 0. The monoisotopic (exact) mass is 305 g/mol. The van der Waals surface area contributed by atoms with Crippen LogP contribution in [0.25, 0.3) is 43.4 Å². The molecular formula is C16H7N3O4. The van der Waals surface area contributed by atoms with Gasteiger partial charge in [-0.25, -0.2) is 0 Å². The highest BCUT2D eigenvalue weighted by Gasteiger charge is 2.23. The molecule has 0 bridgehead atoms. The van der Waals surface area contributed by atoms with E-state index in [1.54, 1.807) is 18.2 Å². The number of fused-ring (bicyclic) bond motifs is 8. The zero-order valence-corrected chi connectivity index (χ0v) is 11.4. The molecule has 0 saturated carbocycles. The summed E-state index contributed by atoms with van der Waals surface area (Å²) in [5.41, 5.74) is -1.33. The van der Waals surface area contributed by atoms with Crippen molar-refractivity contribution in [2.45, 2.75) is 0 Å². The molecule has 0 saturated heterocycles. The minimum absolute atomic E-state index is 0.0226. The fourth-order valence-corrected chi connectivity index (χ4v) is 3.45. The third kappa shape index (κ3) is 1.25. The summed E-state index contributed by atoms with van der Waals surface area (Å²) < 4.78 is 0. The first-order valence-electron chi connectivity index (χ1n) is 6.89. The molecule has 0 atom stereocenters. The minimum atomic E-state index is -0.661. The maximum Gasteiger partial charge on any atom is 0.261 e. The van der Waals surface area contributed by atoms with Crippen molar-refractivity contribution in [1.82, 2.24) is 15.0 Å². The van der Waals surface area contributed by atoms with Gasteiger partial charge in [0.1, 0.15) is 0 Å². The lowest BCUT2D eigenvalue weighted by atomic mass is 10.0. The van der Waals surface area contributed by atoms with Crippen LogP contribution in [0.5, 0.6) is 0 Å². The smallest absolute Gasteiger partial charge is 0.261 e. The molecule has 3 aromatic heterocycles. The summed E-state index contributed by atoms with van der Waals surface area (Å²) in [6.45, 7) is 0. The highest BCUT2D eigenvalue weighted by Crippen LogP contribution is 2.33. The number of hydrogen-bond acceptors (Lipinski definition) is 4. The van der Waals surface area contributed by atoms with Crippen LogP contribution in [0.4, 0.5) is 0 Å². The SMILES string of the molecule is O=c1[nH]c(=O)c2c1c1[nH]c3ccccc3c1c1c(=O)[nH]c(=O)c21. The van der Waals surface area contributed by atoms with E-state index in [1.165, 1.54) is 0 Å². The van der Waals surface area contributed by atoms with E-state index in [9.17, 15) is 19.2 Å². The largest absolute Gasteiger partial charge is 0.354 e. The lowest BCUT2D eigenvalue weighted by Crippen LogP contribution is -2.08. The van der Waals surface area contributed by atoms with Crippen molar-refractivity contribution >= 4 is 43.4 Å². The number of H-pyrrole nitrogens is 3. The fraction of sp³-hybridized carbons (Fsp3) is 0. The molecule has 2 aromatic carbocycles. The molecular weight excluding hydrogens is 298 g/mol. The minimum Gasteiger partial charge on any atom is -0.354 e. The van der Waals surface area contributed by atoms with E-state index in [0.29, 0.717) is 10.9 Å². The zero-order chi connectivity index (χ0) is 15.9. The summed E-state index contributed by atoms with van der Waals surface area (Å²) in [6, 6.07) is 7.22. The number of nitrogens with one attached hydrogen (secondary N) is 3. The quantitative estimate of drug-likeness (QED) is 0.388. The molecule has 5 aromatic rings. The Labute approximate surface area is 124 Å². The van der Waals surface area contributed by atoms with E-state index >= 15 is 0 Å². The average Bonchev–Trinajstić information content (AvgIpc) is 3.12. The molecule has 0 aliphatic rings. The van der Waals surface area contributed by atoms with Crippen molar-refractivity contribution < 1.29 is 0 Å². The normalized spacial score (nSPS) is 12.2. The second-order valence-corrected chi connectivity index (χ2v) is 5.49. The van der Waals surface area contributed by atoms with Crippen molar-refractivity contribution in [3.05, 3.63) is 65.7 Å². The van der Waals surface area contributed by atoms with Crippen LogP contribution >= 0.6 is 0 Å². The maximum atomic E-state index is 12.3. The van der Waals surface area contributed by atoms with Crippen LogP contribution in [0.15, 0.2) is 43.4 Å². The van der Waals surface area contributed by atoms with E-state index < -0.39 is 22.2 Å². The molecule has 0 aliphatic heterocycles. The number of rotatable bonds is 0. The molecule has 23 heavy (non-hydrogen) atoms. The Hall–Kier alpha value is -3.48. The van der Waals surface area contributed by atoms with Gasteiger partial charge >= 0.3 is 0 Å². The molecule has 5 rings (SSSR count). The molecule has 3 N–H and O–H groups in total. The third-order valence-electron chi connectivity index (χ3n) is 4.32. The topological polar surface area (TPSA) is 116 Å². The van der Waals surface area contributed by atoms with Crippen molar-refractivity contribution in [3.63, 3.8) is 0 Å². The summed E-state index contributed by atoms with van der Waals surface area (Å²) in [4.78, 5) is 56.2. The van der Waals surface area contributed by atoms with Crippen LogP contribution in [-0.2, 0) is 0 Å². The molecule has 0 unspecified atom stereocenters. The van der Waals surface area contributed by atoms with Gasteiger partial charge in [-0.15, -0.1) is 0 Å². The molecule has 0 radical (unpaired) electrons. The van der Waals surface area contributed by atoms with E-state index in [0.717, 1.165) is 10.9 Å². The van der Waals surface area contributed by atoms with Gasteiger partial charge in [0.05, 0.1) is 27.1 Å². The first kappa shape index (κ1) is 12.1. The number of aromatic amines is 3. The Bertz CT molecular complexity index is 1490. The van der Waals surface area contributed by atoms with Gasteiger partial charge < -0.3 is 4.98 Å². The van der Waals surface area contributed by atoms with Crippen LogP contribution < -0.4 is 22.2 Å². The second kappa shape index (κ2) is 3.64. The van der Waals surface area contributed by atoms with Crippen LogP contribution in [0.2, 0.25) is 0 Å². The molecule has 0 aliphatic carbocycles. The van der Waals surface area contributed by atoms with Gasteiger partial charge in [-0.2, -0.15) is 0 Å². The molecule has 0 fully saturated rings. The molecule has 7 heteroatoms. The van der Waals surface area contributed by atoms with Gasteiger partial charge in [0.2, 0.25) is 0 Å². The van der Waals surface area contributed by atoms with E-state index in [-0.39, 0.29) is 21.5 Å². The lowest BCUT2D eigenvalue weighted by Gasteiger charge is -1.95. The summed E-state index contributed by atoms with van der Waals surface area (Å²) in [5, 5.41) is 1.41. The Morgan fingerprint density at radius 1 is 0.565 bits per heavy atom. The molecule has 0 spiro atoms. The first-order chi connectivity index (χ1) is 11.1. The molecule has 7 nitrogen and oxygen atoms in total. The van der Waals surface area contributed by atoms with Crippen LogP contribution in [0.3, 0.4) is 0 Å². The Balaban J connectivity index is 2.41. The van der Waals surface area contributed by atoms with Gasteiger partial charge in [-0.3, -0.25) is 29.1 Å². The van der Waals surface area contributed by atoms with Crippen molar-refractivity contribution in [1.29, 1.82) is 0 Å². The van der Waals surface area contributed by atoms with Gasteiger partial charge in [0.15, 0.2) is 0 Å². The second-order valence-electron chi connectivity index (χ2n) is 5.49. The van der Waals surface area contributed by atoms with Crippen LogP contribution in [-0.4, -0.2) is 15.0 Å². The Morgan fingerprint density at radius 2 is 1.09 bits per heavy atom. The van der Waals surface area contributed by atoms with Crippen LogP contribution in [0, 0.1) is 0 Å². The Morgan fingerprint density at radius 3 is 1.78 bits per heavy atom. The van der Waals surface area contributed by atoms with Gasteiger partial charge in [0.25, 0.3) is 22.2 Å². The number of benzene rings is 2. The molecule has 3 heterocycles. The van der Waals surface area contributed by atoms with Gasteiger partial charge in [0, 0.05) is 16.3 Å². The maximum absolute atomic E-state index is 12.3. The van der Waals surface area contributed by atoms with E-state index in [1.807, 2.05) is 6.07 Å². The standard InChI is InChI=1S/C16H7N3O4/c20-13-8-7-5-3-1-2-4-6(5)17-12(7)11-10(9(8)14(21)18-13)15(22)19-16(11)23/h1-4,17H,(H,18,20,21)(H,19,22,23). The highest BCUT2D eigenvalue weighted by molar-refractivity contribution is 6.30. The van der Waals surface area contributed by atoms with Crippen molar-refractivity contribution in [2.24, 2.45) is 0 Å². The van der Waals surface area contributed by atoms with Crippen LogP contribution in [0.1, 0.15) is 0 Å². The molecule has 110 valence electrons. The fourth-order valence-electron chi connectivity index (χ4n) is 3.45. The lowest BCUT2D eigenvalue weighted by molar-refractivity contribution is 1.26. The predicted molar refractivity (Wildman–Crippen MR) is 87.0 cm³/mol. The predicted octanol–water partition coefficient (Wildman–Crippen LogP) is 0.600. The summed E-state index contributed by atoms with van der Waals surface area (Å²) in [7, 11) is 0. The average molecular weight is 305 g/mol. The third-order valence-corrected chi connectivity index (χ3v) is 4.32. The number of para-hydroxylation sites is 1. The molecule has 0 amide bonds. The van der Waals surface area contributed by atoms with E-state index in [4.69, 9.17) is 0 Å². The van der Waals surface area contributed by atoms with Gasteiger partial charge in [-0.1, -0.05) is 18.2 Å². The van der Waals surface area contributed by atoms with E-state index in [2.05, 4.69) is 15.0 Å². The number of aromatic nitrogens is 3. The highest BCUT2D eigenvalue weighted by atomic mass is 16.2. The summed E-state index contributed by atoms with van der Waals surface area (Å²) in [5.74, 6) is 0. The van der Waals surface area contributed by atoms with Crippen molar-refractivity contribution in [3.8, 4) is 0 Å². The van der Waals surface area contributed by atoms with Crippen molar-refractivity contribution in [2.75, 3.05) is 0 Å². The number of hydrogen-bond donors (Lipinski definition) is 3. The summed E-state index contributed by atoms with van der Waals surface area (Å²) >= 11 is 0. The first-order valence-corrected chi connectivity index (χ1v) is 6.89. The Kier molecular flexibility index (Phi) is 1.92. The zero-order valence-electron chi connectivity index (χ0n) is 11.4.